The Morgan fingerprint density at radius 3 is 1.60 bits per heavy atom. The SMILES string of the molecule is Cc1ccc(S(=O)(=O)O)c(CC(Cc2cc(C)ccc2S(=O)(=O)O)CC2CCC2)c1. The quantitative estimate of drug-likeness (QED) is 0.575. The highest BCUT2D eigenvalue weighted by Crippen LogP contribution is 2.36. The van der Waals surface area contributed by atoms with Gasteiger partial charge < -0.3 is 0 Å². The van der Waals surface area contributed by atoms with Gasteiger partial charge in [0.2, 0.25) is 0 Å². The van der Waals surface area contributed by atoms with E-state index in [1.54, 1.807) is 24.3 Å². The third-order valence-electron chi connectivity index (χ3n) is 5.90. The molecular formula is C22H28O6S2. The third kappa shape index (κ3) is 5.69. The topological polar surface area (TPSA) is 109 Å². The van der Waals surface area contributed by atoms with Crippen LogP contribution in [0.3, 0.4) is 0 Å². The molecule has 0 radical (unpaired) electrons. The molecule has 0 heterocycles. The molecule has 1 aliphatic rings. The number of hydrogen-bond donors (Lipinski definition) is 2. The summed E-state index contributed by atoms with van der Waals surface area (Å²) in [6.45, 7) is 3.71. The molecule has 3 rings (SSSR count). The highest BCUT2D eigenvalue weighted by atomic mass is 32.2. The Hall–Kier alpha value is -1.74. The maximum absolute atomic E-state index is 11.9. The van der Waals surface area contributed by atoms with Crippen LogP contribution in [0.25, 0.3) is 0 Å². The first-order valence-corrected chi connectivity index (χ1v) is 13.0. The Balaban J connectivity index is 1.98. The lowest BCUT2D eigenvalue weighted by atomic mass is 9.76. The van der Waals surface area contributed by atoms with Crippen LogP contribution in [0.1, 0.15) is 47.9 Å². The van der Waals surface area contributed by atoms with Crippen molar-refractivity contribution >= 4 is 20.2 Å². The Morgan fingerprint density at radius 1 is 0.833 bits per heavy atom. The van der Waals surface area contributed by atoms with E-state index in [1.807, 2.05) is 13.8 Å². The van der Waals surface area contributed by atoms with Gasteiger partial charge in [-0.1, -0.05) is 54.7 Å². The first-order chi connectivity index (χ1) is 13.9. The van der Waals surface area contributed by atoms with E-state index in [0.717, 1.165) is 30.4 Å². The second-order valence-corrected chi connectivity index (χ2v) is 11.3. The number of hydrogen-bond acceptors (Lipinski definition) is 4. The molecular weight excluding hydrogens is 424 g/mol. The molecule has 1 fully saturated rings. The molecule has 6 nitrogen and oxygen atoms in total. The Labute approximate surface area is 178 Å². The molecule has 1 saturated carbocycles. The summed E-state index contributed by atoms with van der Waals surface area (Å²) in [6.07, 6.45) is 5.00. The molecule has 2 N–H and O–H groups in total. The molecule has 1 aliphatic carbocycles. The van der Waals surface area contributed by atoms with E-state index in [-0.39, 0.29) is 15.7 Å². The molecule has 0 atom stereocenters. The molecule has 0 saturated heterocycles. The molecule has 2 aromatic rings. The van der Waals surface area contributed by atoms with Gasteiger partial charge in [-0.15, -0.1) is 0 Å². The van der Waals surface area contributed by atoms with Crippen LogP contribution in [0.5, 0.6) is 0 Å². The first kappa shape index (κ1) is 22.9. The van der Waals surface area contributed by atoms with Crippen LogP contribution in [0.2, 0.25) is 0 Å². The standard InChI is InChI=1S/C22H28O6S2/c1-15-6-8-21(29(23,24)25)19(10-15)13-18(12-17-4-3-5-17)14-20-11-16(2)7-9-22(20)30(26,27)28/h6-11,17-18H,3-5,12-14H2,1-2H3,(H,23,24,25)(H,26,27,28). The summed E-state index contributed by atoms with van der Waals surface area (Å²) in [5.74, 6) is 0.493. The predicted molar refractivity (Wildman–Crippen MR) is 115 cm³/mol. The zero-order valence-electron chi connectivity index (χ0n) is 17.2. The van der Waals surface area contributed by atoms with Crippen molar-refractivity contribution in [2.45, 2.75) is 62.2 Å². The Morgan fingerprint density at radius 2 is 1.27 bits per heavy atom. The summed E-state index contributed by atoms with van der Waals surface area (Å²) in [7, 11) is -8.73. The number of benzene rings is 2. The van der Waals surface area contributed by atoms with E-state index in [2.05, 4.69) is 0 Å². The van der Waals surface area contributed by atoms with Crippen LogP contribution < -0.4 is 0 Å². The molecule has 0 unspecified atom stereocenters. The van der Waals surface area contributed by atoms with Gasteiger partial charge in [-0.05, 0) is 68.2 Å². The maximum Gasteiger partial charge on any atom is 0.294 e. The number of aryl methyl sites for hydroxylation is 2. The van der Waals surface area contributed by atoms with Crippen molar-refractivity contribution < 1.29 is 25.9 Å². The van der Waals surface area contributed by atoms with Crippen molar-refractivity contribution in [1.29, 1.82) is 0 Å². The normalized spacial score (nSPS) is 15.4. The van der Waals surface area contributed by atoms with Crippen molar-refractivity contribution in [2.24, 2.45) is 11.8 Å². The fourth-order valence-electron chi connectivity index (χ4n) is 4.30. The van der Waals surface area contributed by atoms with Crippen molar-refractivity contribution in [3.8, 4) is 0 Å². The Bertz CT molecular complexity index is 1050. The average molecular weight is 453 g/mol. The molecule has 164 valence electrons. The van der Waals surface area contributed by atoms with Crippen LogP contribution in [0.15, 0.2) is 46.2 Å². The van der Waals surface area contributed by atoms with Gasteiger partial charge in [-0.2, -0.15) is 16.8 Å². The summed E-state index contributed by atoms with van der Waals surface area (Å²) in [6, 6.07) is 9.63. The van der Waals surface area contributed by atoms with Crippen LogP contribution in [-0.2, 0) is 33.1 Å². The van der Waals surface area contributed by atoms with E-state index in [1.165, 1.54) is 18.6 Å². The third-order valence-corrected chi connectivity index (χ3v) is 7.80. The molecule has 0 amide bonds. The van der Waals surface area contributed by atoms with Gasteiger partial charge >= 0.3 is 0 Å². The summed E-state index contributed by atoms with van der Waals surface area (Å²) >= 11 is 0. The lowest BCUT2D eigenvalue weighted by molar-refractivity contribution is 0.246. The van der Waals surface area contributed by atoms with Gasteiger partial charge in [0, 0.05) is 0 Å². The summed E-state index contributed by atoms with van der Waals surface area (Å²) < 4.78 is 66.8. The Kier molecular flexibility index (Phi) is 6.72. The number of rotatable bonds is 8. The summed E-state index contributed by atoms with van der Waals surface area (Å²) in [4.78, 5) is -0.211. The van der Waals surface area contributed by atoms with E-state index in [9.17, 15) is 25.9 Å². The lowest BCUT2D eigenvalue weighted by Gasteiger charge is -2.30. The second-order valence-electron chi connectivity index (χ2n) is 8.48. The zero-order valence-corrected chi connectivity index (χ0v) is 18.8. The summed E-state index contributed by atoms with van der Waals surface area (Å²) in [5.41, 5.74) is 2.83. The van der Waals surface area contributed by atoms with Gasteiger partial charge in [-0.3, -0.25) is 9.11 Å². The van der Waals surface area contributed by atoms with Crippen LogP contribution in [0, 0.1) is 25.7 Å². The molecule has 2 aromatic carbocycles. The minimum atomic E-state index is -4.36. The van der Waals surface area contributed by atoms with E-state index in [0.29, 0.717) is 29.9 Å². The fourth-order valence-corrected chi connectivity index (χ4v) is 5.73. The first-order valence-electron chi connectivity index (χ1n) is 10.1. The molecule has 0 bridgehead atoms. The molecule has 0 aliphatic heterocycles. The predicted octanol–water partition coefficient (Wildman–Crippen LogP) is 4.39. The van der Waals surface area contributed by atoms with Gasteiger partial charge in [0.25, 0.3) is 20.2 Å². The molecule has 0 aromatic heterocycles. The van der Waals surface area contributed by atoms with Crippen molar-refractivity contribution in [3.63, 3.8) is 0 Å². The maximum atomic E-state index is 11.9. The monoisotopic (exact) mass is 452 g/mol. The van der Waals surface area contributed by atoms with E-state index >= 15 is 0 Å². The smallest absolute Gasteiger partial charge is 0.282 e. The van der Waals surface area contributed by atoms with E-state index in [4.69, 9.17) is 0 Å². The zero-order chi connectivity index (χ0) is 22.1. The summed E-state index contributed by atoms with van der Waals surface area (Å²) in [5, 5.41) is 0. The van der Waals surface area contributed by atoms with Gasteiger partial charge in [0.15, 0.2) is 0 Å². The fraction of sp³-hybridized carbons (Fsp3) is 0.455. The van der Waals surface area contributed by atoms with Crippen LogP contribution in [-0.4, -0.2) is 25.9 Å². The molecule has 0 spiro atoms. The molecule has 30 heavy (non-hydrogen) atoms. The van der Waals surface area contributed by atoms with Crippen molar-refractivity contribution in [1.82, 2.24) is 0 Å². The van der Waals surface area contributed by atoms with Gasteiger partial charge in [0.1, 0.15) is 0 Å². The van der Waals surface area contributed by atoms with Gasteiger partial charge in [-0.25, -0.2) is 0 Å². The van der Waals surface area contributed by atoms with E-state index < -0.39 is 20.2 Å². The molecule has 8 heteroatoms. The largest absolute Gasteiger partial charge is 0.294 e. The van der Waals surface area contributed by atoms with Crippen molar-refractivity contribution in [3.05, 3.63) is 58.7 Å². The second kappa shape index (κ2) is 8.78. The van der Waals surface area contributed by atoms with Crippen molar-refractivity contribution in [2.75, 3.05) is 0 Å². The minimum absolute atomic E-state index is 0.0279. The highest BCUT2D eigenvalue weighted by molar-refractivity contribution is 7.86. The minimum Gasteiger partial charge on any atom is -0.282 e. The average Bonchev–Trinajstić information content (AvgIpc) is 2.56. The van der Waals surface area contributed by atoms with Crippen LogP contribution in [0.4, 0.5) is 0 Å². The highest BCUT2D eigenvalue weighted by Gasteiger charge is 2.27. The lowest BCUT2D eigenvalue weighted by Crippen LogP contribution is -2.21. The van der Waals surface area contributed by atoms with Gasteiger partial charge in [0.05, 0.1) is 9.79 Å². The van der Waals surface area contributed by atoms with Crippen LogP contribution >= 0.6 is 0 Å².